The smallest absolute Gasteiger partial charge is 0.306 e. The van der Waals surface area contributed by atoms with Crippen molar-refractivity contribution in [2.75, 3.05) is 19.6 Å². The predicted molar refractivity (Wildman–Crippen MR) is 80.6 cm³/mol. The molecule has 2 rings (SSSR count). The highest BCUT2D eigenvalue weighted by atomic mass is 32.1. The number of hydrogen-bond acceptors (Lipinski definition) is 3. The molecule has 0 saturated carbocycles. The van der Waals surface area contributed by atoms with E-state index in [1.165, 1.54) is 9.78 Å². The number of halogens is 3. The highest BCUT2D eigenvalue weighted by Gasteiger charge is 2.33. The molecule has 1 aromatic heterocycles. The lowest BCUT2D eigenvalue weighted by Gasteiger charge is -2.35. The van der Waals surface area contributed by atoms with Crippen LogP contribution in [0.1, 0.15) is 37.6 Å². The number of likely N-dealkylation sites (tertiary alicyclic amines) is 1. The summed E-state index contributed by atoms with van der Waals surface area (Å²) in [4.78, 5) is 2.82. The maximum atomic E-state index is 12.4. The molecule has 0 radical (unpaired) electrons. The molecule has 2 heterocycles. The molecule has 1 saturated heterocycles. The molecule has 1 atom stereocenters. The molecule has 1 aromatic rings. The zero-order valence-electron chi connectivity index (χ0n) is 12.5. The summed E-state index contributed by atoms with van der Waals surface area (Å²) < 4.78 is 37.1. The molecule has 0 bridgehead atoms. The van der Waals surface area contributed by atoms with Crippen LogP contribution in [0.2, 0.25) is 0 Å². The van der Waals surface area contributed by atoms with E-state index in [-0.39, 0.29) is 0 Å². The molecule has 1 N–H and O–H groups in total. The van der Waals surface area contributed by atoms with E-state index in [0.29, 0.717) is 31.1 Å². The van der Waals surface area contributed by atoms with Crippen molar-refractivity contribution in [3.05, 3.63) is 22.4 Å². The van der Waals surface area contributed by atoms with Crippen molar-refractivity contribution in [3.8, 4) is 0 Å². The van der Waals surface area contributed by atoms with Crippen molar-refractivity contribution < 1.29 is 13.2 Å². The summed E-state index contributed by atoms with van der Waals surface area (Å²) in [5.41, 5.74) is 0. The van der Waals surface area contributed by atoms with E-state index in [2.05, 4.69) is 30.6 Å². The van der Waals surface area contributed by atoms with E-state index >= 15 is 0 Å². The van der Waals surface area contributed by atoms with Crippen molar-refractivity contribution in [2.24, 2.45) is 5.92 Å². The zero-order chi connectivity index (χ0) is 15.5. The van der Waals surface area contributed by atoms with Crippen LogP contribution < -0.4 is 5.32 Å². The molecule has 21 heavy (non-hydrogen) atoms. The summed E-state index contributed by atoms with van der Waals surface area (Å²) in [5.74, 6) is 0.469. The van der Waals surface area contributed by atoms with Crippen molar-refractivity contribution in [1.29, 1.82) is 0 Å². The summed E-state index contributed by atoms with van der Waals surface area (Å²) >= 11 is 1.73. The third-order valence-corrected chi connectivity index (χ3v) is 4.88. The van der Waals surface area contributed by atoms with Gasteiger partial charge in [0.2, 0.25) is 0 Å². The molecular formula is C15H23F3N2S. The van der Waals surface area contributed by atoms with Gasteiger partial charge in [0.1, 0.15) is 0 Å². The van der Waals surface area contributed by atoms with E-state index in [1.54, 1.807) is 11.3 Å². The Balaban J connectivity index is 1.84. The van der Waals surface area contributed by atoms with Gasteiger partial charge >= 0.3 is 6.18 Å². The molecule has 2 nitrogen and oxygen atoms in total. The van der Waals surface area contributed by atoms with Crippen LogP contribution in [0.15, 0.2) is 17.5 Å². The fourth-order valence-corrected chi connectivity index (χ4v) is 3.79. The number of piperidine rings is 1. The van der Waals surface area contributed by atoms with Crippen molar-refractivity contribution in [3.63, 3.8) is 0 Å². The molecular weight excluding hydrogens is 297 g/mol. The minimum atomic E-state index is -4.09. The van der Waals surface area contributed by atoms with Crippen LogP contribution >= 0.6 is 11.3 Å². The van der Waals surface area contributed by atoms with Crippen LogP contribution in [0.5, 0.6) is 0 Å². The molecule has 0 aromatic carbocycles. The third kappa shape index (κ3) is 5.27. The lowest BCUT2D eigenvalue weighted by molar-refractivity contribution is -0.148. The van der Waals surface area contributed by atoms with Crippen molar-refractivity contribution in [2.45, 2.75) is 44.9 Å². The predicted octanol–water partition coefficient (Wildman–Crippen LogP) is 4.06. The van der Waals surface area contributed by atoms with E-state index in [9.17, 15) is 13.2 Å². The summed E-state index contributed by atoms with van der Waals surface area (Å²) in [6.07, 6.45) is -2.52. The summed E-state index contributed by atoms with van der Waals surface area (Å²) in [6.45, 7) is 4.61. The van der Waals surface area contributed by atoms with Gasteiger partial charge in [-0.05, 0) is 43.3 Å². The fraction of sp³-hybridized carbons (Fsp3) is 0.733. The quantitative estimate of drug-likeness (QED) is 0.880. The Kier molecular flexibility index (Phi) is 5.68. The molecule has 1 fully saturated rings. The Morgan fingerprint density at radius 1 is 1.33 bits per heavy atom. The van der Waals surface area contributed by atoms with Gasteiger partial charge in [0.25, 0.3) is 0 Å². The largest absolute Gasteiger partial charge is 0.401 e. The zero-order valence-corrected chi connectivity index (χ0v) is 13.3. The number of thiophene rings is 1. The Labute approximate surface area is 128 Å². The van der Waals surface area contributed by atoms with Gasteiger partial charge in [0.15, 0.2) is 0 Å². The minimum absolute atomic E-state index is 0.296. The first-order valence-electron chi connectivity index (χ1n) is 7.43. The maximum absolute atomic E-state index is 12.4. The lowest BCUT2D eigenvalue weighted by Crippen LogP contribution is -2.46. The van der Waals surface area contributed by atoms with E-state index in [1.807, 2.05) is 6.07 Å². The van der Waals surface area contributed by atoms with Crippen LogP contribution in [0.3, 0.4) is 0 Å². The van der Waals surface area contributed by atoms with Gasteiger partial charge in [-0.25, -0.2) is 0 Å². The van der Waals surface area contributed by atoms with Gasteiger partial charge < -0.3 is 5.32 Å². The van der Waals surface area contributed by atoms with Crippen molar-refractivity contribution in [1.82, 2.24) is 10.2 Å². The van der Waals surface area contributed by atoms with E-state index < -0.39 is 12.7 Å². The lowest BCUT2D eigenvalue weighted by atomic mass is 9.98. The van der Waals surface area contributed by atoms with Gasteiger partial charge in [-0.3, -0.25) is 4.90 Å². The third-order valence-electron chi connectivity index (χ3n) is 3.92. The van der Waals surface area contributed by atoms with Gasteiger partial charge in [0.05, 0.1) is 6.54 Å². The minimum Gasteiger partial charge on any atom is -0.306 e. The summed E-state index contributed by atoms with van der Waals surface area (Å²) in [5, 5.41) is 5.71. The Bertz CT molecular complexity index is 409. The summed E-state index contributed by atoms with van der Waals surface area (Å²) in [7, 11) is 0. The Hall–Kier alpha value is -0.590. The maximum Gasteiger partial charge on any atom is 0.401 e. The molecule has 1 unspecified atom stereocenters. The molecule has 120 valence electrons. The van der Waals surface area contributed by atoms with Gasteiger partial charge in [-0.2, -0.15) is 13.2 Å². The molecule has 1 aliphatic heterocycles. The number of alkyl halides is 3. The van der Waals surface area contributed by atoms with E-state index in [4.69, 9.17) is 0 Å². The van der Waals surface area contributed by atoms with Gasteiger partial charge in [-0.15, -0.1) is 11.3 Å². The molecule has 0 spiro atoms. The average molecular weight is 320 g/mol. The first-order valence-corrected chi connectivity index (χ1v) is 8.31. The van der Waals surface area contributed by atoms with E-state index in [0.717, 1.165) is 12.8 Å². The van der Waals surface area contributed by atoms with Crippen LogP contribution in [0.4, 0.5) is 13.2 Å². The highest BCUT2D eigenvalue weighted by Crippen LogP contribution is 2.28. The van der Waals surface area contributed by atoms with Gasteiger partial charge in [0, 0.05) is 17.0 Å². The normalized spacial score (nSPS) is 20.1. The summed E-state index contributed by atoms with van der Waals surface area (Å²) in [6, 6.07) is 4.78. The van der Waals surface area contributed by atoms with Gasteiger partial charge in [-0.1, -0.05) is 19.9 Å². The SMILES string of the molecule is CC(C)C(NC1CCN(CC(F)(F)F)CC1)c1cccs1. The van der Waals surface area contributed by atoms with Crippen LogP contribution in [-0.2, 0) is 0 Å². The monoisotopic (exact) mass is 320 g/mol. The Morgan fingerprint density at radius 2 is 2.00 bits per heavy atom. The van der Waals surface area contributed by atoms with Crippen LogP contribution in [0, 0.1) is 5.92 Å². The van der Waals surface area contributed by atoms with Crippen molar-refractivity contribution >= 4 is 11.3 Å². The number of nitrogens with one attached hydrogen (secondary N) is 1. The second kappa shape index (κ2) is 7.11. The standard InChI is InChI=1S/C15H23F3N2S/c1-11(2)14(13-4-3-9-21-13)19-12-5-7-20(8-6-12)10-15(16,17)18/h3-4,9,11-12,14,19H,5-8,10H2,1-2H3. The fourth-order valence-electron chi connectivity index (χ4n) is 2.84. The first-order chi connectivity index (χ1) is 9.85. The topological polar surface area (TPSA) is 15.3 Å². The average Bonchev–Trinajstić information content (AvgIpc) is 2.89. The number of hydrogen-bond donors (Lipinski definition) is 1. The molecule has 0 aliphatic carbocycles. The number of rotatable bonds is 5. The Morgan fingerprint density at radius 3 is 2.48 bits per heavy atom. The second-order valence-corrected chi connectivity index (χ2v) is 7.05. The number of nitrogens with zero attached hydrogens (tertiary/aromatic N) is 1. The second-order valence-electron chi connectivity index (χ2n) is 6.07. The van der Waals surface area contributed by atoms with Crippen LogP contribution in [0.25, 0.3) is 0 Å². The molecule has 1 aliphatic rings. The molecule has 6 heteroatoms. The molecule has 0 amide bonds. The highest BCUT2D eigenvalue weighted by molar-refractivity contribution is 7.10. The van der Waals surface area contributed by atoms with Crippen LogP contribution in [-0.4, -0.2) is 36.8 Å². The first kappa shape index (κ1) is 16.8.